The summed E-state index contributed by atoms with van der Waals surface area (Å²) in [4.78, 5) is 10.8. The number of aliphatic hydroxyl groups is 2. The number of hydrogen-bond donors (Lipinski definition) is 3. The van der Waals surface area contributed by atoms with Gasteiger partial charge in [-0.1, -0.05) is 6.08 Å². The number of carbonyl (C=O) groups is 1. The smallest absolute Gasteiger partial charge is 0.249 e. The molecule has 0 heterocycles. The third-order valence-corrected chi connectivity index (χ3v) is 1.13. The topological polar surface area (TPSA) is 69.6 Å². The van der Waals surface area contributed by atoms with E-state index in [2.05, 4.69) is 11.9 Å². The van der Waals surface area contributed by atoms with Gasteiger partial charge in [-0.2, -0.15) is 0 Å². The largest absolute Gasteiger partial charge is 0.396 e. The highest BCUT2D eigenvalue weighted by Gasteiger charge is 2.11. The minimum atomic E-state index is -1.11. The maximum atomic E-state index is 10.8. The second-order valence-corrected chi connectivity index (χ2v) is 2.06. The zero-order valence-corrected chi connectivity index (χ0v) is 6.29. The molecule has 64 valence electrons. The summed E-state index contributed by atoms with van der Waals surface area (Å²) in [7, 11) is 0. The Balaban J connectivity index is 3.54. The summed E-state index contributed by atoms with van der Waals surface area (Å²) in [5, 5.41) is 19.7. The number of hydrogen-bond acceptors (Lipinski definition) is 3. The van der Waals surface area contributed by atoms with Crippen LogP contribution >= 0.6 is 0 Å². The molecule has 0 aliphatic rings. The number of aliphatic hydroxyl groups excluding tert-OH is 2. The lowest BCUT2D eigenvalue weighted by Crippen LogP contribution is -2.35. The molecule has 0 spiro atoms. The van der Waals surface area contributed by atoms with Crippen molar-refractivity contribution >= 4 is 5.91 Å². The molecule has 0 rings (SSSR count). The van der Waals surface area contributed by atoms with Gasteiger partial charge in [0.25, 0.3) is 0 Å². The van der Waals surface area contributed by atoms with Gasteiger partial charge in [0.1, 0.15) is 6.10 Å². The zero-order valence-electron chi connectivity index (χ0n) is 6.29. The number of nitrogens with one attached hydrogen (secondary N) is 1. The van der Waals surface area contributed by atoms with Crippen molar-refractivity contribution in [1.29, 1.82) is 0 Å². The van der Waals surface area contributed by atoms with E-state index in [1.807, 2.05) is 0 Å². The second-order valence-electron chi connectivity index (χ2n) is 2.06. The van der Waals surface area contributed by atoms with Crippen LogP contribution in [0.1, 0.15) is 6.42 Å². The molecule has 0 aromatic carbocycles. The molecule has 1 atom stereocenters. The van der Waals surface area contributed by atoms with Crippen LogP contribution in [0.15, 0.2) is 12.7 Å². The van der Waals surface area contributed by atoms with Crippen LogP contribution in [0, 0.1) is 0 Å². The molecule has 4 nitrogen and oxygen atoms in total. The van der Waals surface area contributed by atoms with Crippen molar-refractivity contribution in [3.05, 3.63) is 12.7 Å². The van der Waals surface area contributed by atoms with Crippen LogP contribution in [0.3, 0.4) is 0 Å². The van der Waals surface area contributed by atoms with Gasteiger partial charge in [0.15, 0.2) is 0 Å². The van der Waals surface area contributed by atoms with Gasteiger partial charge in [-0.3, -0.25) is 4.79 Å². The normalized spacial score (nSPS) is 12.2. The van der Waals surface area contributed by atoms with E-state index >= 15 is 0 Å². The molecule has 0 bridgehead atoms. The summed E-state index contributed by atoms with van der Waals surface area (Å²) >= 11 is 0. The van der Waals surface area contributed by atoms with Gasteiger partial charge in [0.05, 0.1) is 0 Å². The highest BCUT2D eigenvalue weighted by molar-refractivity contribution is 5.80. The van der Waals surface area contributed by atoms with Gasteiger partial charge < -0.3 is 15.5 Å². The quantitative estimate of drug-likeness (QED) is 0.452. The average molecular weight is 159 g/mol. The lowest BCUT2D eigenvalue weighted by molar-refractivity contribution is -0.129. The summed E-state index contributed by atoms with van der Waals surface area (Å²) in [6.45, 7) is 3.54. The average Bonchev–Trinajstić information content (AvgIpc) is 2.00. The summed E-state index contributed by atoms with van der Waals surface area (Å²) in [5.74, 6) is -0.473. The van der Waals surface area contributed by atoms with E-state index in [1.54, 1.807) is 0 Å². The molecule has 0 radical (unpaired) electrons. The summed E-state index contributed by atoms with van der Waals surface area (Å²) in [5.41, 5.74) is 0. The molecule has 0 fully saturated rings. The van der Waals surface area contributed by atoms with Crippen molar-refractivity contribution in [3.63, 3.8) is 0 Å². The molecule has 3 N–H and O–H groups in total. The minimum absolute atomic E-state index is 0.0724. The highest BCUT2D eigenvalue weighted by Crippen LogP contribution is 1.88. The summed E-state index contributed by atoms with van der Waals surface area (Å²) < 4.78 is 0. The van der Waals surface area contributed by atoms with E-state index in [4.69, 9.17) is 10.2 Å². The molecule has 1 unspecified atom stereocenters. The minimum Gasteiger partial charge on any atom is -0.396 e. The number of amides is 1. The fourth-order valence-electron chi connectivity index (χ4n) is 0.544. The van der Waals surface area contributed by atoms with Crippen LogP contribution in [0.25, 0.3) is 0 Å². The first-order valence-electron chi connectivity index (χ1n) is 3.40. The first-order chi connectivity index (χ1) is 5.22. The Morgan fingerprint density at radius 3 is 2.82 bits per heavy atom. The van der Waals surface area contributed by atoms with Gasteiger partial charge in [-0.25, -0.2) is 0 Å². The Bertz CT molecular complexity index is 136. The monoisotopic (exact) mass is 159 g/mol. The fourth-order valence-corrected chi connectivity index (χ4v) is 0.544. The van der Waals surface area contributed by atoms with Crippen LogP contribution in [-0.4, -0.2) is 35.4 Å². The van der Waals surface area contributed by atoms with Crippen molar-refractivity contribution in [2.75, 3.05) is 13.2 Å². The first kappa shape index (κ1) is 10.1. The van der Waals surface area contributed by atoms with Gasteiger partial charge in [-0.15, -0.1) is 6.58 Å². The molecule has 0 aromatic rings. The van der Waals surface area contributed by atoms with Crippen LogP contribution in [0.2, 0.25) is 0 Å². The predicted molar refractivity (Wildman–Crippen MR) is 40.9 cm³/mol. The highest BCUT2D eigenvalue weighted by atomic mass is 16.3. The maximum absolute atomic E-state index is 10.8. The van der Waals surface area contributed by atoms with E-state index in [9.17, 15) is 4.79 Å². The summed E-state index contributed by atoms with van der Waals surface area (Å²) in [6.07, 6.45) is 0.479. The van der Waals surface area contributed by atoms with E-state index in [-0.39, 0.29) is 13.0 Å². The fraction of sp³-hybridized carbons (Fsp3) is 0.571. The molecule has 0 aliphatic carbocycles. The molecular weight excluding hydrogens is 146 g/mol. The zero-order chi connectivity index (χ0) is 8.69. The van der Waals surface area contributed by atoms with Crippen molar-refractivity contribution in [3.8, 4) is 0 Å². The number of carbonyl (C=O) groups excluding carboxylic acids is 1. The SMILES string of the molecule is C=CCNC(=O)C(O)CCO. The molecule has 0 aromatic heterocycles. The van der Waals surface area contributed by atoms with E-state index in [1.165, 1.54) is 6.08 Å². The van der Waals surface area contributed by atoms with E-state index < -0.39 is 12.0 Å². The molecule has 4 heteroatoms. The lowest BCUT2D eigenvalue weighted by atomic mass is 10.2. The van der Waals surface area contributed by atoms with Crippen LogP contribution in [0.5, 0.6) is 0 Å². The Kier molecular flexibility index (Phi) is 5.42. The van der Waals surface area contributed by atoms with E-state index in [0.29, 0.717) is 6.54 Å². The van der Waals surface area contributed by atoms with E-state index in [0.717, 1.165) is 0 Å². The molecular formula is C7H13NO3. The Labute approximate surface area is 65.5 Å². The van der Waals surface area contributed by atoms with Crippen molar-refractivity contribution < 1.29 is 15.0 Å². The summed E-state index contributed by atoms with van der Waals surface area (Å²) in [6, 6.07) is 0. The standard InChI is InChI=1S/C7H13NO3/c1-2-4-8-7(11)6(10)3-5-9/h2,6,9-10H,1,3-5H2,(H,8,11). The van der Waals surface area contributed by atoms with Crippen LogP contribution < -0.4 is 5.32 Å². The van der Waals surface area contributed by atoms with Crippen molar-refractivity contribution in [2.45, 2.75) is 12.5 Å². The van der Waals surface area contributed by atoms with Gasteiger partial charge >= 0.3 is 0 Å². The van der Waals surface area contributed by atoms with Gasteiger partial charge in [-0.05, 0) is 0 Å². The van der Waals surface area contributed by atoms with Gasteiger partial charge in [0, 0.05) is 19.6 Å². The maximum Gasteiger partial charge on any atom is 0.249 e. The Morgan fingerprint density at radius 2 is 2.36 bits per heavy atom. The lowest BCUT2D eigenvalue weighted by Gasteiger charge is -2.07. The molecule has 0 saturated heterocycles. The predicted octanol–water partition coefficient (Wildman–Crippen LogP) is -0.968. The third-order valence-electron chi connectivity index (χ3n) is 1.13. The molecule has 0 aliphatic heterocycles. The van der Waals surface area contributed by atoms with Crippen LogP contribution in [0.4, 0.5) is 0 Å². The Hall–Kier alpha value is -0.870. The van der Waals surface area contributed by atoms with Crippen molar-refractivity contribution in [2.24, 2.45) is 0 Å². The Morgan fingerprint density at radius 1 is 1.73 bits per heavy atom. The van der Waals surface area contributed by atoms with Crippen molar-refractivity contribution in [1.82, 2.24) is 5.32 Å². The first-order valence-corrected chi connectivity index (χ1v) is 3.40. The molecule has 1 amide bonds. The molecule has 0 saturated carbocycles. The third kappa shape index (κ3) is 4.52. The van der Waals surface area contributed by atoms with Gasteiger partial charge in [0.2, 0.25) is 5.91 Å². The second kappa shape index (κ2) is 5.88. The van der Waals surface area contributed by atoms with Crippen LogP contribution in [-0.2, 0) is 4.79 Å². The number of rotatable bonds is 5. The molecule has 11 heavy (non-hydrogen) atoms.